The topological polar surface area (TPSA) is 40.5 Å². The number of hydrogen-bond acceptors (Lipinski definition) is 2. The van der Waals surface area contributed by atoms with E-state index in [1.54, 1.807) is 6.07 Å². The highest BCUT2D eigenvalue weighted by Crippen LogP contribution is 2.43. The molecule has 4 rings (SSSR count). The molecular formula is C25H26FNO2. The number of carbonyl (C=O) groups is 1. The first kappa shape index (κ1) is 19.7. The van der Waals surface area contributed by atoms with Crippen LogP contribution in [0.5, 0.6) is 0 Å². The third-order valence-electron chi connectivity index (χ3n) is 6.36. The molecule has 1 heterocycles. The van der Waals surface area contributed by atoms with Crippen LogP contribution in [0.3, 0.4) is 0 Å². The minimum Gasteiger partial charge on any atom is -0.481 e. The standard InChI is InChI=1S/C25H26FNO2/c1-25(2)16-27(13-12-22(25)24(28)29)23-11-9-19-14-18(8-10-21(19)23)7-6-17-4-3-5-20(26)15-17/h3-5,8,10,14-15,22-23H,9,11-13,16H2,1-2H3,(H,28,29). The largest absolute Gasteiger partial charge is 0.481 e. The Hall–Kier alpha value is -2.64. The zero-order valence-corrected chi connectivity index (χ0v) is 16.9. The smallest absolute Gasteiger partial charge is 0.307 e. The Kier molecular flexibility index (Phi) is 5.19. The number of likely N-dealkylation sites (tertiary alicyclic amines) is 1. The molecule has 1 saturated heterocycles. The third kappa shape index (κ3) is 4.06. The van der Waals surface area contributed by atoms with Crippen LogP contribution in [-0.4, -0.2) is 29.1 Å². The van der Waals surface area contributed by atoms with E-state index in [2.05, 4.69) is 42.7 Å². The number of rotatable bonds is 2. The zero-order chi connectivity index (χ0) is 20.6. The van der Waals surface area contributed by atoms with Crippen molar-refractivity contribution < 1.29 is 14.3 Å². The van der Waals surface area contributed by atoms with E-state index in [1.165, 1.54) is 23.3 Å². The van der Waals surface area contributed by atoms with Gasteiger partial charge in [0.2, 0.25) is 0 Å². The maximum Gasteiger partial charge on any atom is 0.307 e. The van der Waals surface area contributed by atoms with Gasteiger partial charge in [-0.25, -0.2) is 4.39 Å². The molecule has 2 aliphatic rings. The zero-order valence-electron chi connectivity index (χ0n) is 16.9. The second-order valence-electron chi connectivity index (χ2n) is 8.87. The van der Waals surface area contributed by atoms with Gasteiger partial charge >= 0.3 is 5.97 Å². The summed E-state index contributed by atoms with van der Waals surface area (Å²) in [5, 5.41) is 9.51. The molecule has 4 heteroatoms. The van der Waals surface area contributed by atoms with E-state index < -0.39 is 5.97 Å². The Morgan fingerprint density at radius 1 is 1.14 bits per heavy atom. The van der Waals surface area contributed by atoms with Gasteiger partial charge in [-0.15, -0.1) is 0 Å². The van der Waals surface area contributed by atoms with E-state index in [0.29, 0.717) is 18.0 Å². The molecule has 1 aliphatic carbocycles. The van der Waals surface area contributed by atoms with Crippen molar-refractivity contribution in [1.82, 2.24) is 4.90 Å². The summed E-state index contributed by atoms with van der Waals surface area (Å²) in [6, 6.07) is 13.0. The number of benzene rings is 2. The van der Waals surface area contributed by atoms with Crippen molar-refractivity contribution >= 4 is 5.97 Å². The van der Waals surface area contributed by atoms with Gasteiger partial charge in [0, 0.05) is 23.7 Å². The lowest BCUT2D eigenvalue weighted by molar-refractivity contribution is -0.149. The minimum atomic E-state index is -0.678. The van der Waals surface area contributed by atoms with Crippen molar-refractivity contribution in [2.75, 3.05) is 13.1 Å². The summed E-state index contributed by atoms with van der Waals surface area (Å²) in [4.78, 5) is 14.0. The lowest BCUT2D eigenvalue weighted by Gasteiger charge is -2.45. The number of piperidine rings is 1. The summed E-state index contributed by atoms with van der Waals surface area (Å²) in [5.41, 5.74) is 4.04. The molecule has 29 heavy (non-hydrogen) atoms. The van der Waals surface area contributed by atoms with Crippen LogP contribution in [-0.2, 0) is 11.2 Å². The molecule has 2 aromatic carbocycles. The SMILES string of the molecule is CC1(C)CN(C2CCc3cc(C#Cc4cccc(F)c4)ccc32)CCC1C(=O)O. The third-order valence-corrected chi connectivity index (χ3v) is 6.36. The summed E-state index contributed by atoms with van der Waals surface area (Å²) < 4.78 is 13.3. The Morgan fingerprint density at radius 3 is 2.59 bits per heavy atom. The fourth-order valence-electron chi connectivity index (χ4n) is 4.88. The Balaban J connectivity index is 1.51. The van der Waals surface area contributed by atoms with Crippen LogP contribution in [0.25, 0.3) is 0 Å². The fraction of sp³-hybridized carbons (Fsp3) is 0.400. The maximum atomic E-state index is 13.3. The molecule has 2 unspecified atom stereocenters. The molecule has 0 amide bonds. The number of aliphatic carboxylic acids is 1. The molecule has 2 atom stereocenters. The predicted octanol–water partition coefficient (Wildman–Crippen LogP) is 4.65. The molecule has 0 bridgehead atoms. The van der Waals surface area contributed by atoms with E-state index >= 15 is 0 Å². The molecule has 2 aromatic rings. The summed E-state index contributed by atoms with van der Waals surface area (Å²) >= 11 is 0. The molecule has 0 aromatic heterocycles. The number of halogens is 1. The lowest BCUT2D eigenvalue weighted by atomic mass is 9.73. The first-order chi connectivity index (χ1) is 13.8. The molecule has 0 spiro atoms. The Morgan fingerprint density at radius 2 is 1.90 bits per heavy atom. The van der Waals surface area contributed by atoms with Crippen molar-refractivity contribution in [1.29, 1.82) is 0 Å². The number of carboxylic acids is 1. The quantitative estimate of drug-likeness (QED) is 0.758. The van der Waals surface area contributed by atoms with Crippen LogP contribution < -0.4 is 0 Å². The van der Waals surface area contributed by atoms with Crippen molar-refractivity contribution in [3.8, 4) is 11.8 Å². The maximum absolute atomic E-state index is 13.3. The summed E-state index contributed by atoms with van der Waals surface area (Å²) in [7, 11) is 0. The Labute approximate surface area is 171 Å². The number of nitrogens with zero attached hydrogens (tertiary/aromatic N) is 1. The van der Waals surface area contributed by atoms with Crippen LogP contribution in [0.2, 0.25) is 0 Å². The molecule has 0 radical (unpaired) electrons. The first-order valence-electron chi connectivity index (χ1n) is 10.2. The number of hydrogen-bond donors (Lipinski definition) is 1. The molecule has 1 fully saturated rings. The first-order valence-corrected chi connectivity index (χ1v) is 10.2. The number of fused-ring (bicyclic) bond motifs is 1. The lowest BCUT2D eigenvalue weighted by Crippen LogP contribution is -2.49. The van der Waals surface area contributed by atoms with Crippen LogP contribution in [0, 0.1) is 29.0 Å². The molecule has 0 saturated carbocycles. The van der Waals surface area contributed by atoms with Crippen molar-refractivity contribution in [2.24, 2.45) is 11.3 Å². The van der Waals surface area contributed by atoms with Gasteiger partial charge in [-0.1, -0.05) is 37.8 Å². The van der Waals surface area contributed by atoms with Gasteiger partial charge in [-0.2, -0.15) is 0 Å². The second kappa shape index (κ2) is 7.65. The monoisotopic (exact) mass is 391 g/mol. The second-order valence-corrected chi connectivity index (χ2v) is 8.87. The van der Waals surface area contributed by atoms with E-state index in [4.69, 9.17) is 0 Å². The average Bonchev–Trinajstić information content (AvgIpc) is 3.08. The van der Waals surface area contributed by atoms with Gasteiger partial charge in [0.25, 0.3) is 0 Å². The van der Waals surface area contributed by atoms with Gasteiger partial charge < -0.3 is 5.11 Å². The van der Waals surface area contributed by atoms with Crippen molar-refractivity contribution in [3.05, 3.63) is 70.5 Å². The molecule has 1 N–H and O–H groups in total. The number of aryl methyl sites for hydroxylation is 1. The normalized spacial score (nSPS) is 23.1. The highest BCUT2D eigenvalue weighted by Gasteiger charge is 2.43. The summed E-state index contributed by atoms with van der Waals surface area (Å²) in [5.74, 6) is 4.96. The number of carboxylic acid groups (broad SMARTS) is 1. The fourth-order valence-corrected chi connectivity index (χ4v) is 4.88. The Bertz CT molecular complexity index is 1000. The van der Waals surface area contributed by atoms with Crippen LogP contribution in [0.15, 0.2) is 42.5 Å². The minimum absolute atomic E-state index is 0.233. The van der Waals surface area contributed by atoms with Crippen molar-refractivity contribution in [3.63, 3.8) is 0 Å². The van der Waals surface area contributed by atoms with Crippen LogP contribution in [0.1, 0.15) is 55.0 Å². The van der Waals surface area contributed by atoms with Crippen molar-refractivity contribution in [2.45, 2.75) is 39.2 Å². The van der Waals surface area contributed by atoms with Gasteiger partial charge in [-0.3, -0.25) is 9.69 Å². The molecule has 1 aliphatic heterocycles. The highest BCUT2D eigenvalue weighted by atomic mass is 19.1. The molecular weight excluding hydrogens is 365 g/mol. The van der Waals surface area contributed by atoms with E-state index in [1.807, 2.05) is 12.1 Å². The van der Waals surface area contributed by atoms with Gasteiger partial charge in [0.15, 0.2) is 0 Å². The van der Waals surface area contributed by atoms with Gasteiger partial charge in [0.05, 0.1) is 5.92 Å². The average molecular weight is 391 g/mol. The highest BCUT2D eigenvalue weighted by molar-refractivity contribution is 5.71. The summed E-state index contributed by atoms with van der Waals surface area (Å²) in [6.07, 6.45) is 2.77. The van der Waals surface area contributed by atoms with E-state index in [9.17, 15) is 14.3 Å². The van der Waals surface area contributed by atoms with Gasteiger partial charge in [0.1, 0.15) is 5.82 Å². The van der Waals surface area contributed by atoms with Gasteiger partial charge in [-0.05, 0) is 72.7 Å². The van der Waals surface area contributed by atoms with E-state index in [0.717, 1.165) is 31.5 Å². The molecule has 150 valence electrons. The molecule has 3 nitrogen and oxygen atoms in total. The van der Waals surface area contributed by atoms with Crippen LogP contribution in [0.4, 0.5) is 4.39 Å². The van der Waals surface area contributed by atoms with Crippen LogP contribution >= 0.6 is 0 Å². The summed E-state index contributed by atoms with van der Waals surface area (Å²) in [6.45, 7) is 5.76. The van der Waals surface area contributed by atoms with E-state index in [-0.39, 0.29) is 17.2 Å². The predicted molar refractivity (Wildman–Crippen MR) is 111 cm³/mol.